The average Bonchev–Trinajstić information content (AvgIpc) is 3.32. The van der Waals surface area contributed by atoms with Gasteiger partial charge in [-0.2, -0.15) is 0 Å². The Bertz CT molecular complexity index is 774. The summed E-state index contributed by atoms with van der Waals surface area (Å²) in [5.74, 6) is 0. The number of nitrogens with one attached hydrogen (secondary N) is 4. The first-order valence-corrected chi connectivity index (χ1v) is 11.2. The summed E-state index contributed by atoms with van der Waals surface area (Å²) in [6.07, 6.45) is 4.89. The molecule has 1 atom stereocenters. The van der Waals surface area contributed by atoms with Gasteiger partial charge in [-0.1, -0.05) is 6.07 Å². The molecule has 0 bridgehead atoms. The number of anilines is 2. The number of unbranched alkanes of at least 4 members (excludes halogenated alkanes) is 1. The van der Waals surface area contributed by atoms with Crippen LogP contribution in [0.15, 0.2) is 40.7 Å². The molecule has 0 unspecified atom stereocenters. The summed E-state index contributed by atoms with van der Waals surface area (Å²) in [5, 5.41) is 12.3. The lowest BCUT2D eigenvalue weighted by Crippen LogP contribution is -2.31. The van der Waals surface area contributed by atoms with E-state index in [2.05, 4.69) is 25.7 Å². The Morgan fingerprint density at radius 3 is 2.92 bits per heavy atom. The molecule has 1 fully saturated rings. The van der Waals surface area contributed by atoms with E-state index in [0.29, 0.717) is 11.2 Å². The van der Waals surface area contributed by atoms with Crippen LogP contribution in [0.3, 0.4) is 0 Å². The number of thiazole rings is 1. The summed E-state index contributed by atoms with van der Waals surface area (Å²) in [4.78, 5) is 4.19. The van der Waals surface area contributed by atoms with Gasteiger partial charge >= 0.3 is 0 Å². The number of sulfonamides is 1. The SMILES string of the molecule is O=S(=O)(Nc1nccs1)c1cccc(NCCCCN[C@@H]2CCNC2)c1. The van der Waals surface area contributed by atoms with E-state index in [1.165, 1.54) is 17.8 Å². The number of nitrogens with zero attached hydrogens (tertiary/aromatic N) is 1. The van der Waals surface area contributed by atoms with Crippen molar-refractivity contribution in [2.45, 2.75) is 30.2 Å². The van der Waals surface area contributed by atoms with E-state index in [1.807, 2.05) is 6.07 Å². The van der Waals surface area contributed by atoms with Gasteiger partial charge < -0.3 is 16.0 Å². The van der Waals surface area contributed by atoms with Gasteiger partial charge in [0, 0.05) is 36.4 Å². The largest absolute Gasteiger partial charge is 0.385 e. The van der Waals surface area contributed by atoms with Crippen molar-refractivity contribution < 1.29 is 8.42 Å². The van der Waals surface area contributed by atoms with Gasteiger partial charge in [0.1, 0.15) is 0 Å². The van der Waals surface area contributed by atoms with Crippen LogP contribution in [-0.2, 0) is 10.0 Å². The number of hydrogen-bond acceptors (Lipinski definition) is 7. The quantitative estimate of drug-likeness (QED) is 0.460. The van der Waals surface area contributed by atoms with Crippen molar-refractivity contribution in [3.05, 3.63) is 35.8 Å². The van der Waals surface area contributed by atoms with Gasteiger partial charge in [-0.25, -0.2) is 13.4 Å². The zero-order valence-corrected chi connectivity index (χ0v) is 16.2. The first kappa shape index (κ1) is 19.1. The molecule has 142 valence electrons. The molecule has 0 spiro atoms. The predicted octanol–water partition coefficient (Wildman–Crippen LogP) is 2.09. The van der Waals surface area contributed by atoms with Crippen LogP contribution < -0.4 is 20.7 Å². The van der Waals surface area contributed by atoms with Gasteiger partial charge in [0.25, 0.3) is 10.0 Å². The van der Waals surface area contributed by atoms with E-state index in [1.54, 1.807) is 29.8 Å². The minimum absolute atomic E-state index is 0.230. The Hall–Kier alpha value is -1.68. The van der Waals surface area contributed by atoms with Gasteiger partial charge in [0.2, 0.25) is 0 Å². The molecule has 9 heteroatoms. The summed E-state index contributed by atoms with van der Waals surface area (Å²) in [6.45, 7) is 4.00. The van der Waals surface area contributed by atoms with Gasteiger partial charge in [0.15, 0.2) is 5.13 Å². The van der Waals surface area contributed by atoms with Gasteiger partial charge in [-0.15, -0.1) is 11.3 Å². The highest BCUT2D eigenvalue weighted by atomic mass is 32.2. The van der Waals surface area contributed by atoms with E-state index >= 15 is 0 Å². The normalized spacial score (nSPS) is 17.3. The smallest absolute Gasteiger partial charge is 0.263 e. The third-order valence-electron chi connectivity index (χ3n) is 4.22. The molecule has 0 saturated carbocycles. The zero-order chi connectivity index (χ0) is 18.2. The minimum atomic E-state index is -3.61. The van der Waals surface area contributed by atoms with Crippen LogP contribution in [0.1, 0.15) is 19.3 Å². The van der Waals surface area contributed by atoms with Crippen molar-refractivity contribution in [3.63, 3.8) is 0 Å². The fourth-order valence-electron chi connectivity index (χ4n) is 2.84. The van der Waals surface area contributed by atoms with Crippen molar-refractivity contribution in [3.8, 4) is 0 Å². The number of aromatic nitrogens is 1. The molecule has 1 aromatic heterocycles. The molecule has 26 heavy (non-hydrogen) atoms. The maximum Gasteiger partial charge on any atom is 0.263 e. The fraction of sp³-hybridized carbons (Fsp3) is 0.471. The van der Waals surface area contributed by atoms with Gasteiger partial charge in [-0.05, 0) is 50.6 Å². The summed E-state index contributed by atoms with van der Waals surface area (Å²) in [6, 6.07) is 7.47. The molecule has 7 nitrogen and oxygen atoms in total. The lowest BCUT2D eigenvalue weighted by atomic mass is 10.2. The lowest BCUT2D eigenvalue weighted by molar-refractivity contribution is 0.530. The summed E-state index contributed by atoms with van der Waals surface area (Å²) >= 11 is 1.25. The molecule has 2 heterocycles. The molecule has 0 radical (unpaired) electrons. The maximum absolute atomic E-state index is 12.4. The average molecular weight is 396 g/mol. The molecule has 0 amide bonds. The maximum atomic E-state index is 12.4. The number of benzene rings is 1. The van der Waals surface area contributed by atoms with E-state index < -0.39 is 10.0 Å². The predicted molar refractivity (Wildman–Crippen MR) is 106 cm³/mol. The third-order valence-corrected chi connectivity index (χ3v) is 6.38. The van der Waals surface area contributed by atoms with Crippen LogP contribution in [0, 0.1) is 0 Å². The Morgan fingerprint density at radius 2 is 2.15 bits per heavy atom. The van der Waals surface area contributed by atoms with Crippen LogP contribution in [0.5, 0.6) is 0 Å². The van der Waals surface area contributed by atoms with Gasteiger partial charge in [-0.3, -0.25) is 4.72 Å². The van der Waals surface area contributed by atoms with Crippen LogP contribution >= 0.6 is 11.3 Å². The van der Waals surface area contributed by atoms with E-state index in [4.69, 9.17) is 0 Å². The Morgan fingerprint density at radius 1 is 1.27 bits per heavy atom. The van der Waals surface area contributed by atoms with Gasteiger partial charge in [0.05, 0.1) is 4.90 Å². The molecule has 4 N–H and O–H groups in total. The molecule has 0 aliphatic carbocycles. The molecule has 3 rings (SSSR count). The Balaban J connectivity index is 1.43. The Kier molecular flexibility index (Phi) is 6.84. The van der Waals surface area contributed by atoms with E-state index in [9.17, 15) is 8.42 Å². The second-order valence-electron chi connectivity index (χ2n) is 6.25. The fourth-order valence-corrected chi connectivity index (χ4v) is 4.67. The monoisotopic (exact) mass is 395 g/mol. The molecular formula is C17H25N5O2S2. The molecule has 2 aromatic rings. The molecule has 1 aliphatic rings. The van der Waals surface area contributed by atoms with Crippen LogP contribution in [0.2, 0.25) is 0 Å². The molecule has 1 aromatic carbocycles. The zero-order valence-electron chi connectivity index (χ0n) is 14.6. The summed E-state index contributed by atoms with van der Waals surface area (Å²) < 4.78 is 27.3. The van der Waals surface area contributed by atoms with Crippen molar-refractivity contribution in [2.75, 3.05) is 36.2 Å². The van der Waals surface area contributed by atoms with Crippen LogP contribution in [0.25, 0.3) is 0 Å². The highest BCUT2D eigenvalue weighted by molar-refractivity contribution is 7.93. The second kappa shape index (κ2) is 9.31. The summed E-state index contributed by atoms with van der Waals surface area (Å²) in [5.41, 5.74) is 0.806. The minimum Gasteiger partial charge on any atom is -0.385 e. The lowest BCUT2D eigenvalue weighted by Gasteiger charge is -2.12. The highest BCUT2D eigenvalue weighted by Crippen LogP contribution is 2.20. The molecular weight excluding hydrogens is 370 g/mol. The highest BCUT2D eigenvalue weighted by Gasteiger charge is 2.16. The number of rotatable bonds is 10. The van der Waals surface area contributed by atoms with Crippen molar-refractivity contribution in [2.24, 2.45) is 0 Å². The number of hydrogen-bond donors (Lipinski definition) is 4. The third kappa shape index (κ3) is 5.66. The molecule has 1 saturated heterocycles. The first-order chi connectivity index (χ1) is 12.6. The summed E-state index contributed by atoms with van der Waals surface area (Å²) in [7, 11) is -3.61. The molecule has 1 aliphatic heterocycles. The van der Waals surface area contributed by atoms with Crippen molar-refractivity contribution >= 4 is 32.2 Å². The van der Waals surface area contributed by atoms with E-state index in [0.717, 1.165) is 44.7 Å². The van der Waals surface area contributed by atoms with Crippen molar-refractivity contribution in [1.82, 2.24) is 15.6 Å². The van der Waals surface area contributed by atoms with Crippen LogP contribution in [0.4, 0.5) is 10.8 Å². The first-order valence-electron chi connectivity index (χ1n) is 8.84. The Labute approximate surface area is 158 Å². The van der Waals surface area contributed by atoms with Crippen molar-refractivity contribution in [1.29, 1.82) is 0 Å². The van der Waals surface area contributed by atoms with Crippen LogP contribution in [-0.4, -0.2) is 45.6 Å². The second-order valence-corrected chi connectivity index (χ2v) is 8.83. The topological polar surface area (TPSA) is 95.2 Å². The standard InChI is InChI=1S/C17H25N5O2S2/c23-26(24,22-17-21-10-11-25-17)16-5-3-4-14(12-16)19-7-1-2-8-20-15-6-9-18-13-15/h3-5,10-12,15,18-20H,1-2,6-9,13H2,(H,21,22)/t15-/m1/s1. The van der Waals surface area contributed by atoms with E-state index in [-0.39, 0.29) is 4.90 Å².